The maximum atomic E-state index is 5.97. The molecule has 0 spiro atoms. The molecular weight excluding hydrogens is 192 g/mol. The Morgan fingerprint density at radius 1 is 1.29 bits per heavy atom. The van der Waals surface area contributed by atoms with E-state index in [1.165, 1.54) is 4.90 Å². The van der Waals surface area contributed by atoms with Crippen LogP contribution in [-0.4, -0.2) is 17.8 Å². The van der Waals surface area contributed by atoms with Crippen LogP contribution in [0, 0.1) is 0 Å². The van der Waals surface area contributed by atoms with Gasteiger partial charge in [-0.25, -0.2) is 0 Å². The molecule has 2 nitrogen and oxygen atoms in total. The number of hydrogen-bond acceptors (Lipinski definition) is 3. The lowest BCUT2D eigenvalue weighted by molar-refractivity contribution is 0.616. The van der Waals surface area contributed by atoms with Crippen LogP contribution in [0.1, 0.15) is 13.3 Å². The molecule has 0 aromatic heterocycles. The van der Waals surface area contributed by atoms with E-state index in [2.05, 4.69) is 19.1 Å². The molecule has 3 heteroatoms. The van der Waals surface area contributed by atoms with Gasteiger partial charge in [0.05, 0.1) is 0 Å². The van der Waals surface area contributed by atoms with Gasteiger partial charge in [-0.15, -0.1) is 11.8 Å². The molecule has 1 aromatic rings. The Bertz CT molecular complexity index is 251. The quantitative estimate of drug-likeness (QED) is 0.729. The van der Waals surface area contributed by atoms with Crippen molar-refractivity contribution >= 4 is 11.8 Å². The van der Waals surface area contributed by atoms with Crippen LogP contribution in [0.2, 0.25) is 0 Å². The standard InChI is InChI=1S/C11H18N2S/c1-9(11(13)7-8-12)14-10-5-3-2-4-6-10/h2-6,9,11H,7-8,12-13H2,1H3. The van der Waals surface area contributed by atoms with Crippen LogP contribution in [0.5, 0.6) is 0 Å². The van der Waals surface area contributed by atoms with E-state index in [9.17, 15) is 0 Å². The van der Waals surface area contributed by atoms with Crippen molar-refractivity contribution in [3.05, 3.63) is 30.3 Å². The van der Waals surface area contributed by atoms with Crippen molar-refractivity contribution in [2.24, 2.45) is 11.5 Å². The Morgan fingerprint density at radius 3 is 2.50 bits per heavy atom. The third-order valence-corrected chi connectivity index (χ3v) is 3.43. The zero-order chi connectivity index (χ0) is 10.4. The fourth-order valence-corrected chi connectivity index (χ4v) is 2.28. The minimum atomic E-state index is 0.185. The molecule has 0 aliphatic heterocycles. The summed E-state index contributed by atoms with van der Waals surface area (Å²) in [5.41, 5.74) is 11.4. The van der Waals surface area contributed by atoms with Gasteiger partial charge in [-0.1, -0.05) is 25.1 Å². The molecule has 14 heavy (non-hydrogen) atoms. The molecule has 1 aromatic carbocycles. The second kappa shape index (κ2) is 6.06. The van der Waals surface area contributed by atoms with E-state index >= 15 is 0 Å². The van der Waals surface area contributed by atoms with Crippen molar-refractivity contribution in [2.75, 3.05) is 6.54 Å². The van der Waals surface area contributed by atoms with E-state index < -0.39 is 0 Å². The smallest absolute Gasteiger partial charge is 0.0218 e. The second-order valence-electron chi connectivity index (χ2n) is 3.38. The Balaban J connectivity index is 2.44. The van der Waals surface area contributed by atoms with Gasteiger partial charge >= 0.3 is 0 Å². The summed E-state index contributed by atoms with van der Waals surface area (Å²) in [5, 5.41) is 0.418. The highest BCUT2D eigenvalue weighted by Crippen LogP contribution is 2.24. The molecule has 4 N–H and O–H groups in total. The second-order valence-corrected chi connectivity index (χ2v) is 4.83. The summed E-state index contributed by atoms with van der Waals surface area (Å²) < 4.78 is 0. The lowest BCUT2D eigenvalue weighted by Crippen LogP contribution is -2.32. The van der Waals surface area contributed by atoms with Gasteiger partial charge in [0, 0.05) is 16.2 Å². The molecule has 2 unspecified atom stereocenters. The van der Waals surface area contributed by atoms with Crippen LogP contribution in [0.15, 0.2) is 35.2 Å². The Hall–Kier alpha value is -0.510. The molecule has 0 radical (unpaired) electrons. The van der Waals surface area contributed by atoms with E-state index in [0.29, 0.717) is 11.8 Å². The van der Waals surface area contributed by atoms with Gasteiger partial charge in [-0.2, -0.15) is 0 Å². The number of benzene rings is 1. The number of hydrogen-bond donors (Lipinski definition) is 2. The van der Waals surface area contributed by atoms with Crippen LogP contribution in [0.3, 0.4) is 0 Å². The third-order valence-electron chi connectivity index (χ3n) is 2.17. The molecule has 78 valence electrons. The van der Waals surface area contributed by atoms with Crippen molar-refractivity contribution in [2.45, 2.75) is 29.5 Å². The molecule has 1 rings (SSSR count). The van der Waals surface area contributed by atoms with Gasteiger partial charge in [0.1, 0.15) is 0 Å². The largest absolute Gasteiger partial charge is 0.330 e. The normalized spacial score (nSPS) is 15.1. The average Bonchev–Trinajstić information content (AvgIpc) is 2.19. The van der Waals surface area contributed by atoms with E-state index in [4.69, 9.17) is 11.5 Å². The molecule has 0 aliphatic rings. The summed E-state index contributed by atoms with van der Waals surface area (Å²) >= 11 is 1.81. The molecule has 0 saturated carbocycles. The number of nitrogens with two attached hydrogens (primary N) is 2. The van der Waals surface area contributed by atoms with Gasteiger partial charge in [0.25, 0.3) is 0 Å². The summed E-state index contributed by atoms with van der Waals surface area (Å²) in [4.78, 5) is 1.27. The third kappa shape index (κ3) is 3.70. The maximum absolute atomic E-state index is 5.97. The summed E-state index contributed by atoms with van der Waals surface area (Å²) in [6.45, 7) is 2.82. The fourth-order valence-electron chi connectivity index (χ4n) is 1.23. The predicted molar refractivity (Wildman–Crippen MR) is 63.4 cm³/mol. The number of rotatable bonds is 5. The van der Waals surface area contributed by atoms with Crippen molar-refractivity contribution in [1.82, 2.24) is 0 Å². The lowest BCUT2D eigenvalue weighted by atomic mass is 10.2. The minimum Gasteiger partial charge on any atom is -0.330 e. The van der Waals surface area contributed by atoms with Crippen molar-refractivity contribution in [3.8, 4) is 0 Å². The SMILES string of the molecule is CC(Sc1ccccc1)C(N)CCN. The Morgan fingerprint density at radius 2 is 1.93 bits per heavy atom. The Labute approximate surface area is 90.1 Å². The van der Waals surface area contributed by atoms with Gasteiger partial charge < -0.3 is 11.5 Å². The van der Waals surface area contributed by atoms with E-state index in [1.54, 1.807) is 0 Å². The molecule has 2 atom stereocenters. The lowest BCUT2D eigenvalue weighted by Gasteiger charge is -2.18. The summed E-state index contributed by atoms with van der Waals surface area (Å²) in [6.07, 6.45) is 0.890. The van der Waals surface area contributed by atoms with Crippen LogP contribution in [0.4, 0.5) is 0 Å². The average molecular weight is 210 g/mol. The fraction of sp³-hybridized carbons (Fsp3) is 0.455. The molecule has 0 fully saturated rings. The molecule has 0 bridgehead atoms. The first-order chi connectivity index (χ1) is 6.74. The van der Waals surface area contributed by atoms with Crippen LogP contribution < -0.4 is 11.5 Å². The van der Waals surface area contributed by atoms with E-state index in [1.807, 2.05) is 30.0 Å². The monoisotopic (exact) mass is 210 g/mol. The zero-order valence-corrected chi connectivity index (χ0v) is 9.34. The van der Waals surface area contributed by atoms with Gasteiger partial charge in [0.15, 0.2) is 0 Å². The molecular formula is C11H18N2S. The first-order valence-electron chi connectivity index (χ1n) is 4.91. The molecule has 0 saturated heterocycles. The van der Waals surface area contributed by atoms with Crippen LogP contribution in [-0.2, 0) is 0 Å². The van der Waals surface area contributed by atoms with Crippen molar-refractivity contribution in [3.63, 3.8) is 0 Å². The predicted octanol–water partition coefficient (Wildman–Crippen LogP) is 1.84. The summed E-state index contributed by atoms with van der Waals surface area (Å²) in [6, 6.07) is 10.5. The van der Waals surface area contributed by atoms with Gasteiger partial charge in [-0.05, 0) is 25.1 Å². The van der Waals surface area contributed by atoms with E-state index in [0.717, 1.165) is 6.42 Å². The van der Waals surface area contributed by atoms with Crippen molar-refractivity contribution < 1.29 is 0 Å². The molecule has 0 amide bonds. The number of thioether (sulfide) groups is 1. The van der Waals surface area contributed by atoms with E-state index in [-0.39, 0.29) is 6.04 Å². The highest BCUT2D eigenvalue weighted by Gasteiger charge is 2.12. The molecule has 0 heterocycles. The highest BCUT2D eigenvalue weighted by atomic mass is 32.2. The summed E-state index contributed by atoms with van der Waals surface area (Å²) in [5.74, 6) is 0. The van der Waals surface area contributed by atoms with Gasteiger partial charge in [0.2, 0.25) is 0 Å². The first-order valence-corrected chi connectivity index (χ1v) is 5.79. The minimum absolute atomic E-state index is 0.185. The topological polar surface area (TPSA) is 52.0 Å². The Kier molecular flexibility index (Phi) is 5.01. The first kappa shape index (κ1) is 11.6. The zero-order valence-electron chi connectivity index (χ0n) is 8.52. The molecule has 0 aliphatic carbocycles. The maximum Gasteiger partial charge on any atom is 0.0218 e. The van der Waals surface area contributed by atoms with Crippen molar-refractivity contribution in [1.29, 1.82) is 0 Å². The highest BCUT2D eigenvalue weighted by molar-refractivity contribution is 8.00. The van der Waals surface area contributed by atoms with Crippen LogP contribution >= 0.6 is 11.8 Å². The summed E-state index contributed by atoms with van der Waals surface area (Å²) in [7, 11) is 0. The van der Waals surface area contributed by atoms with Crippen LogP contribution in [0.25, 0.3) is 0 Å². The van der Waals surface area contributed by atoms with Gasteiger partial charge in [-0.3, -0.25) is 0 Å².